The van der Waals surface area contributed by atoms with Gasteiger partial charge in [0, 0.05) is 37.8 Å². The van der Waals surface area contributed by atoms with Crippen molar-refractivity contribution in [2.75, 3.05) is 19.6 Å². The number of carbonyl (C=O) groups excluding carboxylic acids is 3. The highest BCUT2D eigenvalue weighted by Gasteiger charge is 2.34. The molecule has 8 heteroatoms. The molecular weight excluding hydrogens is 478 g/mol. The molecule has 3 amide bonds. The number of carbonyl (C=O) groups is 3. The fourth-order valence-corrected chi connectivity index (χ4v) is 6.37. The lowest BCUT2D eigenvalue weighted by molar-refractivity contribution is -0.131. The molecule has 8 nitrogen and oxygen atoms in total. The average molecular weight is 524 g/mol. The third-order valence-electron chi connectivity index (χ3n) is 8.42. The maximum Gasteiger partial charge on any atom is 0.268 e. The van der Waals surface area contributed by atoms with Crippen molar-refractivity contribution in [1.82, 2.24) is 24.9 Å². The molecule has 2 aromatic heterocycles. The van der Waals surface area contributed by atoms with E-state index in [0.29, 0.717) is 42.6 Å². The largest absolute Gasteiger partial charge is 0.353 e. The first-order chi connectivity index (χ1) is 18.2. The van der Waals surface area contributed by atoms with Gasteiger partial charge in [-0.25, -0.2) is 4.98 Å². The van der Waals surface area contributed by atoms with Crippen LogP contribution in [0.1, 0.15) is 95.2 Å². The van der Waals surface area contributed by atoms with E-state index in [-0.39, 0.29) is 41.5 Å². The van der Waals surface area contributed by atoms with Crippen LogP contribution in [-0.4, -0.2) is 57.7 Å². The summed E-state index contributed by atoms with van der Waals surface area (Å²) < 4.78 is 1.81. The summed E-state index contributed by atoms with van der Waals surface area (Å²) in [6.45, 7) is 10.3. The smallest absolute Gasteiger partial charge is 0.268 e. The first-order valence-corrected chi connectivity index (χ1v) is 14.5. The monoisotopic (exact) mass is 523 g/mol. The summed E-state index contributed by atoms with van der Waals surface area (Å²) in [6, 6.07) is 5.67. The zero-order chi connectivity index (χ0) is 27.3. The number of imidazole rings is 1. The molecule has 1 saturated heterocycles. The molecule has 1 saturated carbocycles. The summed E-state index contributed by atoms with van der Waals surface area (Å²) in [5.74, 6) is 0.665. The molecule has 0 spiro atoms. The molecule has 2 unspecified atom stereocenters. The Morgan fingerprint density at radius 1 is 1.16 bits per heavy atom. The van der Waals surface area contributed by atoms with Crippen LogP contribution in [0.4, 0.5) is 0 Å². The van der Waals surface area contributed by atoms with Gasteiger partial charge < -0.3 is 15.5 Å². The van der Waals surface area contributed by atoms with E-state index in [1.807, 2.05) is 47.5 Å². The topological polar surface area (TPSA) is 95.8 Å². The van der Waals surface area contributed by atoms with Crippen molar-refractivity contribution < 1.29 is 14.4 Å². The van der Waals surface area contributed by atoms with Gasteiger partial charge in [-0.05, 0) is 55.6 Å². The van der Waals surface area contributed by atoms with E-state index in [0.717, 1.165) is 25.7 Å². The van der Waals surface area contributed by atoms with Gasteiger partial charge in [-0.15, -0.1) is 0 Å². The summed E-state index contributed by atoms with van der Waals surface area (Å²) in [4.78, 5) is 44.8. The first kappa shape index (κ1) is 28.1. The summed E-state index contributed by atoms with van der Waals surface area (Å²) in [5.41, 5.74) is 2.07. The molecule has 2 atom stereocenters. The minimum atomic E-state index is -0.0925. The van der Waals surface area contributed by atoms with E-state index in [9.17, 15) is 14.4 Å². The number of fused-ring (bicyclic) bond motifs is 1. The van der Waals surface area contributed by atoms with E-state index in [1.165, 1.54) is 25.7 Å². The number of nitrogens with zero attached hydrogens (tertiary/aromatic N) is 3. The van der Waals surface area contributed by atoms with Gasteiger partial charge >= 0.3 is 0 Å². The number of aromatic nitrogens is 2. The Morgan fingerprint density at radius 2 is 1.92 bits per heavy atom. The maximum absolute atomic E-state index is 13.3. The van der Waals surface area contributed by atoms with Crippen LogP contribution in [0.25, 0.3) is 5.65 Å². The molecule has 0 aromatic carbocycles. The Bertz CT molecular complexity index is 1130. The molecule has 38 heavy (non-hydrogen) atoms. The molecule has 0 bridgehead atoms. The molecule has 3 heterocycles. The van der Waals surface area contributed by atoms with Crippen LogP contribution in [0.15, 0.2) is 24.4 Å². The molecule has 2 fully saturated rings. The summed E-state index contributed by atoms with van der Waals surface area (Å²) in [7, 11) is 0. The number of hydrogen-bond acceptors (Lipinski definition) is 4. The van der Waals surface area contributed by atoms with Crippen LogP contribution >= 0.6 is 0 Å². The zero-order valence-electron chi connectivity index (χ0n) is 23.6. The third kappa shape index (κ3) is 6.75. The first-order valence-electron chi connectivity index (χ1n) is 14.5. The van der Waals surface area contributed by atoms with Crippen molar-refractivity contribution in [2.24, 2.45) is 17.3 Å². The lowest BCUT2D eigenvalue weighted by Gasteiger charge is -2.40. The van der Waals surface area contributed by atoms with Crippen molar-refractivity contribution >= 4 is 23.4 Å². The number of rotatable bonds is 9. The van der Waals surface area contributed by atoms with E-state index < -0.39 is 0 Å². The SMILES string of the molecule is CCCC1(CNC(=O)c2cccc3nc(CC(=O)N4CCC(NC(=O)C(C)C)CC4)cn23)CCCC(C)C1. The normalized spacial score (nSPS) is 22.6. The van der Waals surface area contributed by atoms with Gasteiger partial charge in [0.05, 0.1) is 12.1 Å². The fraction of sp³-hybridized carbons (Fsp3) is 0.667. The number of piperidine rings is 1. The number of amides is 3. The van der Waals surface area contributed by atoms with E-state index in [4.69, 9.17) is 0 Å². The molecular formula is C30H45N5O3. The standard InChI is InChI=1S/C30H45N5O3/c1-5-13-30(14-7-8-22(4)18-30)20-31-29(38)25-9-6-10-26-32-24(19-35(25)26)17-27(36)34-15-11-23(12-16-34)33-28(37)21(2)3/h6,9-10,19,21-23H,5,7-8,11-18,20H2,1-4H3,(H,31,38)(H,33,37). The van der Waals surface area contributed by atoms with Crippen LogP contribution in [0.2, 0.25) is 0 Å². The van der Waals surface area contributed by atoms with E-state index in [2.05, 4.69) is 29.5 Å². The number of likely N-dealkylation sites (tertiary alicyclic amines) is 1. The number of nitrogens with one attached hydrogen (secondary N) is 2. The summed E-state index contributed by atoms with van der Waals surface area (Å²) >= 11 is 0. The Balaban J connectivity index is 1.37. The third-order valence-corrected chi connectivity index (χ3v) is 8.42. The van der Waals surface area contributed by atoms with E-state index in [1.54, 1.807) is 0 Å². The van der Waals surface area contributed by atoms with Crippen LogP contribution in [0, 0.1) is 17.3 Å². The van der Waals surface area contributed by atoms with Gasteiger partial charge in [-0.3, -0.25) is 18.8 Å². The summed E-state index contributed by atoms with van der Waals surface area (Å²) in [5, 5.41) is 6.31. The van der Waals surface area contributed by atoms with Crippen LogP contribution in [0.3, 0.4) is 0 Å². The highest BCUT2D eigenvalue weighted by atomic mass is 16.2. The zero-order valence-corrected chi connectivity index (χ0v) is 23.6. The van der Waals surface area contributed by atoms with Crippen LogP contribution in [-0.2, 0) is 16.0 Å². The van der Waals surface area contributed by atoms with Crippen LogP contribution in [0.5, 0.6) is 0 Å². The molecule has 2 N–H and O–H groups in total. The number of hydrogen-bond donors (Lipinski definition) is 2. The van der Waals surface area contributed by atoms with Crippen molar-refractivity contribution in [3.63, 3.8) is 0 Å². The van der Waals surface area contributed by atoms with Gasteiger partial charge in [-0.1, -0.05) is 53.0 Å². The Labute approximate surface area is 226 Å². The Morgan fingerprint density at radius 3 is 2.61 bits per heavy atom. The molecule has 1 aliphatic heterocycles. The lowest BCUT2D eigenvalue weighted by Crippen LogP contribution is -2.47. The average Bonchev–Trinajstić information content (AvgIpc) is 3.30. The highest BCUT2D eigenvalue weighted by molar-refractivity contribution is 5.93. The summed E-state index contributed by atoms with van der Waals surface area (Å²) in [6.07, 6.45) is 10.7. The van der Waals surface area contributed by atoms with Crippen molar-refractivity contribution in [3.8, 4) is 0 Å². The lowest BCUT2D eigenvalue weighted by atomic mass is 9.67. The fourth-order valence-electron chi connectivity index (χ4n) is 6.37. The van der Waals surface area contributed by atoms with Gasteiger partial charge in [0.25, 0.3) is 5.91 Å². The molecule has 0 radical (unpaired) electrons. The number of pyridine rings is 1. The van der Waals surface area contributed by atoms with E-state index >= 15 is 0 Å². The highest BCUT2D eigenvalue weighted by Crippen LogP contribution is 2.42. The molecule has 4 rings (SSSR count). The second kappa shape index (κ2) is 12.3. The quantitative estimate of drug-likeness (QED) is 0.510. The second-order valence-corrected chi connectivity index (χ2v) is 12.0. The van der Waals surface area contributed by atoms with Gasteiger partial charge in [0.1, 0.15) is 11.3 Å². The molecule has 208 valence electrons. The minimum Gasteiger partial charge on any atom is -0.353 e. The second-order valence-electron chi connectivity index (χ2n) is 12.0. The van der Waals surface area contributed by atoms with Crippen molar-refractivity contribution in [2.45, 2.75) is 91.5 Å². The van der Waals surface area contributed by atoms with Gasteiger partial charge in [0.15, 0.2) is 0 Å². The molecule has 1 aliphatic carbocycles. The molecule has 2 aromatic rings. The van der Waals surface area contributed by atoms with Crippen LogP contribution < -0.4 is 10.6 Å². The van der Waals surface area contributed by atoms with Gasteiger partial charge in [-0.2, -0.15) is 0 Å². The molecule has 2 aliphatic rings. The predicted molar refractivity (Wildman–Crippen MR) is 149 cm³/mol. The van der Waals surface area contributed by atoms with Crippen molar-refractivity contribution in [3.05, 3.63) is 35.8 Å². The maximum atomic E-state index is 13.3. The van der Waals surface area contributed by atoms with Crippen molar-refractivity contribution in [1.29, 1.82) is 0 Å². The minimum absolute atomic E-state index is 0.0287. The Kier molecular flexibility index (Phi) is 9.11. The Hall–Kier alpha value is -2.90. The van der Waals surface area contributed by atoms with Gasteiger partial charge in [0.2, 0.25) is 11.8 Å². The predicted octanol–water partition coefficient (Wildman–Crippen LogP) is 4.37.